The zero-order chi connectivity index (χ0) is 13.5. The molecule has 1 rings (SSSR count). The van der Waals surface area contributed by atoms with Gasteiger partial charge in [-0.1, -0.05) is 6.92 Å². The zero-order valence-electron chi connectivity index (χ0n) is 11.4. The number of aliphatic hydroxyl groups is 1. The molecule has 0 bridgehead atoms. The van der Waals surface area contributed by atoms with Crippen molar-refractivity contribution in [2.24, 2.45) is 0 Å². The Morgan fingerprint density at radius 3 is 2.44 bits per heavy atom. The molecule has 0 spiro atoms. The summed E-state index contributed by atoms with van der Waals surface area (Å²) in [6.07, 6.45) is 1.15. The van der Waals surface area contributed by atoms with Gasteiger partial charge in [-0.25, -0.2) is 0 Å². The molecule has 3 N–H and O–H groups in total. The van der Waals surface area contributed by atoms with E-state index in [2.05, 4.69) is 25.6 Å². The van der Waals surface area contributed by atoms with E-state index in [4.69, 9.17) is 0 Å². The first-order valence-electron chi connectivity index (χ1n) is 6.10. The van der Waals surface area contributed by atoms with Crippen LogP contribution in [0.5, 0.6) is 0 Å². The third kappa shape index (κ3) is 4.33. The molecule has 102 valence electrons. The van der Waals surface area contributed by atoms with Crippen LogP contribution >= 0.6 is 0 Å². The van der Waals surface area contributed by atoms with Crippen LogP contribution in [-0.2, 0) is 0 Å². The maximum Gasteiger partial charge on any atom is 0.231 e. The fourth-order valence-corrected chi connectivity index (χ4v) is 1.31. The van der Waals surface area contributed by atoms with E-state index in [0.29, 0.717) is 30.8 Å². The highest BCUT2D eigenvalue weighted by Gasteiger charge is 2.07. The molecule has 0 aliphatic heterocycles. The third-order valence-electron chi connectivity index (χ3n) is 2.48. The summed E-state index contributed by atoms with van der Waals surface area (Å²) in [6, 6.07) is 0. The van der Waals surface area contributed by atoms with Crippen molar-refractivity contribution in [3.05, 3.63) is 0 Å². The second-order valence-corrected chi connectivity index (χ2v) is 4.20. The maximum atomic E-state index is 9.47. The molecular formula is C11H22N6O. The number of rotatable bonds is 7. The van der Waals surface area contributed by atoms with Crippen LogP contribution in [0.3, 0.4) is 0 Å². The van der Waals surface area contributed by atoms with E-state index in [9.17, 15) is 5.11 Å². The average molecular weight is 254 g/mol. The van der Waals surface area contributed by atoms with Crippen molar-refractivity contribution in [1.29, 1.82) is 0 Å². The topological polar surface area (TPSA) is 86.2 Å². The molecule has 1 atom stereocenters. The Kier molecular flexibility index (Phi) is 5.57. The molecule has 7 heteroatoms. The number of aliphatic hydroxyl groups excluding tert-OH is 1. The molecule has 0 aliphatic carbocycles. The molecule has 0 amide bonds. The molecule has 1 unspecified atom stereocenters. The van der Waals surface area contributed by atoms with Gasteiger partial charge in [0.05, 0.1) is 6.10 Å². The number of aromatic nitrogens is 3. The maximum absolute atomic E-state index is 9.47. The van der Waals surface area contributed by atoms with Crippen molar-refractivity contribution in [3.63, 3.8) is 0 Å². The second kappa shape index (κ2) is 6.95. The van der Waals surface area contributed by atoms with Crippen LogP contribution in [0, 0.1) is 0 Å². The highest BCUT2D eigenvalue weighted by molar-refractivity contribution is 5.42. The number of anilines is 3. The molecule has 1 heterocycles. The lowest BCUT2D eigenvalue weighted by atomic mass is 10.2. The Morgan fingerprint density at radius 2 is 1.89 bits per heavy atom. The summed E-state index contributed by atoms with van der Waals surface area (Å²) in [5, 5.41) is 15.5. The van der Waals surface area contributed by atoms with E-state index in [1.807, 2.05) is 25.9 Å². The van der Waals surface area contributed by atoms with E-state index in [-0.39, 0.29) is 6.10 Å². The predicted molar refractivity (Wildman–Crippen MR) is 73.1 cm³/mol. The Hall–Kier alpha value is -1.63. The fourth-order valence-electron chi connectivity index (χ4n) is 1.31. The van der Waals surface area contributed by atoms with Crippen LogP contribution in [0.4, 0.5) is 17.8 Å². The van der Waals surface area contributed by atoms with Crippen molar-refractivity contribution in [1.82, 2.24) is 15.0 Å². The summed E-state index contributed by atoms with van der Waals surface area (Å²) >= 11 is 0. The average Bonchev–Trinajstić information content (AvgIpc) is 2.37. The van der Waals surface area contributed by atoms with Crippen LogP contribution < -0.4 is 15.5 Å². The van der Waals surface area contributed by atoms with E-state index in [0.717, 1.165) is 6.42 Å². The molecular weight excluding hydrogens is 232 g/mol. The predicted octanol–water partition coefficient (Wildman–Crippen LogP) is 0.552. The van der Waals surface area contributed by atoms with Crippen molar-refractivity contribution in [2.75, 3.05) is 43.2 Å². The highest BCUT2D eigenvalue weighted by Crippen LogP contribution is 2.11. The number of hydrogen-bond acceptors (Lipinski definition) is 7. The van der Waals surface area contributed by atoms with Crippen molar-refractivity contribution >= 4 is 17.8 Å². The van der Waals surface area contributed by atoms with Gasteiger partial charge in [0.15, 0.2) is 0 Å². The van der Waals surface area contributed by atoms with Gasteiger partial charge in [0.2, 0.25) is 17.8 Å². The van der Waals surface area contributed by atoms with Gasteiger partial charge in [0.25, 0.3) is 0 Å². The molecule has 0 radical (unpaired) electrons. The lowest BCUT2D eigenvalue weighted by Gasteiger charge is -2.13. The van der Waals surface area contributed by atoms with Gasteiger partial charge in [-0.3, -0.25) is 0 Å². The molecule has 18 heavy (non-hydrogen) atoms. The van der Waals surface area contributed by atoms with Crippen LogP contribution in [0.25, 0.3) is 0 Å². The smallest absolute Gasteiger partial charge is 0.231 e. The first-order valence-corrected chi connectivity index (χ1v) is 6.10. The zero-order valence-corrected chi connectivity index (χ0v) is 11.4. The van der Waals surface area contributed by atoms with Gasteiger partial charge in [-0.2, -0.15) is 15.0 Å². The molecule has 0 aromatic carbocycles. The van der Waals surface area contributed by atoms with Gasteiger partial charge < -0.3 is 20.6 Å². The Balaban J connectivity index is 2.66. The molecule has 0 saturated heterocycles. The van der Waals surface area contributed by atoms with E-state index in [1.54, 1.807) is 7.05 Å². The van der Waals surface area contributed by atoms with Crippen LogP contribution in [0.2, 0.25) is 0 Å². The summed E-state index contributed by atoms with van der Waals surface area (Å²) in [5.74, 6) is 1.63. The summed E-state index contributed by atoms with van der Waals surface area (Å²) in [4.78, 5) is 14.5. The number of nitrogens with zero attached hydrogens (tertiary/aromatic N) is 4. The standard InChI is InChI=1S/C11H22N6O/c1-5-8(18)6-7-13-10-14-9(12-2)15-11(16-10)17(3)4/h8,18H,5-7H2,1-4H3,(H2,12,13,14,15,16). The molecule has 1 aromatic heterocycles. The largest absolute Gasteiger partial charge is 0.393 e. The van der Waals surface area contributed by atoms with Gasteiger partial charge in [-0.15, -0.1) is 0 Å². The Morgan fingerprint density at radius 1 is 1.22 bits per heavy atom. The lowest BCUT2D eigenvalue weighted by molar-refractivity contribution is 0.164. The van der Waals surface area contributed by atoms with Crippen LogP contribution in [0.15, 0.2) is 0 Å². The normalized spacial score (nSPS) is 12.1. The second-order valence-electron chi connectivity index (χ2n) is 4.20. The lowest BCUT2D eigenvalue weighted by Crippen LogP contribution is -2.18. The van der Waals surface area contributed by atoms with E-state index in [1.165, 1.54) is 0 Å². The summed E-state index contributed by atoms with van der Waals surface area (Å²) in [7, 11) is 5.51. The fraction of sp³-hybridized carbons (Fsp3) is 0.727. The van der Waals surface area contributed by atoms with Crippen molar-refractivity contribution in [3.8, 4) is 0 Å². The van der Waals surface area contributed by atoms with Crippen molar-refractivity contribution < 1.29 is 5.11 Å². The van der Waals surface area contributed by atoms with Gasteiger partial charge in [-0.05, 0) is 12.8 Å². The van der Waals surface area contributed by atoms with Gasteiger partial charge in [0.1, 0.15) is 0 Å². The van der Waals surface area contributed by atoms with Crippen LogP contribution in [-0.4, -0.2) is 53.9 Å². The number of hydrogen-bond donors (Lipinski definition) is 3. The first-order chi connectivity index (χ1) is 8.56. The highest BCUT2D eigenvalue weighted by atomic mass is 16.3. The summed E-state index contributed by atoms with van der Waals surface area (Å²) in [5.41, 5.74) is 0. The first kappa shape index (κ1) is 14.4. The minimum absolute atomic E-state index is 0.281. The summed E-state index contributed by atoms with van der Waals surface area (Å²) < 4.78 is 0. The van der Waals surface area contributed by atoms with E-state index < -0.39 is 0 Å². The minimum atomic E-state index is -0.281. The monoisotopic (exact) mass is 254 g/mol. The number of nitrogens with one attached hydrogen (secondary N) is 2. The molecule has 0 fully saturated rings. The van der Waals surface area contributed by atoms with Crippen molar-refractivity contribution in [2.45, 2.75) is 25.9 Å². The Bertz CT molecular complexity index is 371. The molecule has 7 nitrogen and oxygen atoms in total. The summed E-state index contributed by atoms with van der Waals surface area (Å²) in [6.45, 7) is 2.59. The van der Waals surface area contributed by atoms with Gasteiger partial charge >= 0.3 is 0 Å². The molecule has 1 aromatic rings. The van der Waals surface area contributed by atoms with E-state index >= 15 is 0 Å². The quantitative estimate of drug-likeness (QED) is 0.655. The van der Waals surface area contributed by atoms with Gasteiger partial charge in [0, 0.05) is 27.7 Å². The third-order valence-corrected chi connectivity index (χ3v) is 2.48. The Labute approximate surface area is 108 Å². The molecule has 0 aliphatic rings. The SMILES string of the molecule is CCC(O)CCNc1nc(NC)nc(N(C)C)n1. The molecule has 0 saturated carbocycles. The van der Waals surface area contributed by atoms with Crippen LogP contribution in [0.1, 0.15) is 19.8 Å². The minimum Gasteiger partial charge on any atom is -0.393 e.